The summed E-state index contributed by atoms with van der Waals surface area (Å²) in [6.07, 6.45) is 3.89. The van der Waals surface area contributed by atoms with E-state index in [0.29, 0.717) is 17.1 Å². The molecule has 2 N–H and O–H groups in total. The Hall–Kier alpha value is -4.64. The minimum atomic E-state index is -0.600. The van der Waals surface area contributed by atoms with Gasteiger partial charge in [-0.3, -0.25) is 9.59 Å². The van der Waals surface area contributed by atoms with Crippen molar-refractivity contribution in [3.8, 4) is 5.69 Å². The van der Waals surface area contributed by atoms with Gasteiger partial charge >= 0.3 is 0 Å². The molecule has 4 aromatic rings. The highest BCUT2D eigenvalue weighted by atomic mass is 19.1. The van der Waals surface area contributed by atoms with Crippen LogP contribution >= 0.6 is 0 Å². The molecule has 0 aliphatic carbocycles. The lowest BCUT2D eigenvalue weighted by molar-refractivity contribution is -0.111. The first kappa shape index (κ1) is 25.0. The maximum atomic E-state index is 15.0. The third-order valence-corrected chi connectivity index (χ3v) is 6.30. The number of nitrogens with zero attached hydrogens (tertiary/aromatic N) is 5. The summed E-state index contributed by atoms with van der Waals surface area (Å²) in [5.74, 6) is -1.34. The standard InChI is InChI=1S/C27H25F2N7O2/c1-3-25(38)31-19-12-17(28)13-20(14-19)36-7-6-24(37)21-16-30-27(33-26(21)36)32-18-4-5-23(22(29)15-18)35-10-8-34(2)9-11-35/h3-7,12-16H,1,8-11H2,2H3,(H,31,38)(H,30,32,33). The molecule has 9 nitrogen and oxygen atoms in total. The van der Waals surface area contributed by atoms with Crippen LogP contribution in [0.4, 0.5) is 31.8 Å². The Kier molecular flexibility index (Phi) is 6.84. The summed E-state index contributed by atoms with van der Waals surface area (Å²) in [4.78, 5) is 37.1. The molecule has 0 radical (unpaired) electrons. The normalized spacial score (nSPS) is 13.9. The van der Waals surface area contributed by atoms with Gasteiger partial charge in [0.2, 0.25) is 11.9 Å². The van der Waals surface area contributed by atoms with Gasteiger partial charge in [-0.05, 0) is 49.5 Å². The lowest BCUT2D eigenvalue weighted by Crippen LogP contribution is -2.44. The summed E-state index contributed by atoms with van der Waals surface area (Å²) in [5.41, 5.74) is 1.38. The van der Waals surface area contributed by atoms with Gasteiger partial charge in [-0.2, -0.15) is 4.98 Å². The largest absolute Gasteiger partial charge is 0.367 e. The van der Waals surface area contributed by atoms with Gasteiger partial charge in [0, 0.05) is 56.0 Å². The smallest absolute Gasteiger partial charge is 0.247 e. The zero-order chi connectivity index (χ0) is 26.8. The van der Waals surface area contributed by atoms with E-state index in [9.17, 15) is 18.4 Å². The Labute approximate surface area is 217 Å². The summed E-state index contributed by atoms with van der Waals surface area (Å²) in [6.45, 7) is 6.60. The topological polar surface area (TPSA) is 95.4 Å². The molecule has 0 bridgehead atoms. The van der Waals surface area contributed by atoms with Crippen LogP contribution < -0.4 is 21.0 Å². The molecule has 1 amide bonds. The summed E-state index contributed by atoms with van der Waals surface area (Å²) >= 11 is 0. The number of pyridine rings is 1. The number of piperazine rings is 1. The number of fused-ring (bicyclic) bond motifs is 1. The Morgan fingerprint density at radius 1 is 1.05 bits per heavy atom. The fraction of sp³-hybridized carbons (Fsp3) is 0.185. The fourth-order valence-corrected chi connectivity index (χ4v) is 4.30. The molecule has 2 aromatic heterocycles. The third kappa shape index (κ3) is 5.23. The van der Waals surface area contributed by atoms with Crippen molar-refractivity contribution in [3.63, 3.8) is 0 Å². The van der Waals surface area contributed by atoms with Crippen LogP contribution in [0.5, 0.6) is 0 Å². The summed E-state index contributed by atoms with van der Waals surface area (Å²) in [7, 11) is 2.04. The van der Waals surface area contributed by atoms with Gasteiger partial charge in [0.1, 0.15) is 11.6 Å². The minimum Gasteiger partial charge on any atom is -0.367 e. The van der Waals surface area contributed by atoms with Crippen LogP contribution in [-0.2, 0) is 4.79 Å². The maximum absolute atomic E-state index is 15.0. The molecular formula is C27H25F2N7O2. The molecule has 1 fully saturated rings. The number of hydrogen-bond acceptors (Lipinski definition) is 7. The number of aromatic nitrogens is 3. The van der Waals surface area contributed by atoms with E-state index < -0.39 is 11.7 Å². The van der Waals surface area contributed by atoms with E-state index in [1.54, 1.807) is 12.1 Å². The highest BCUT2D eigenvalue weighted by Crippen LogP contribution is 2.26. The Balaban J connectivity index is 1.48. The summed E-state index contributed by atoms with van der Waals surface area (Å²) in [5, 5.41) is 5.71. The van der Waals surface area contributed by atoms with E-state index in [-0.39, 0.29) is 33.9 Å². The van der Waals surface area contributed by atoms with Crippen molar-refractivity contribution in [1.82, 2.24) is 19.4 Å². The van der Waals surface area contributed by atoms with E-state index in [0.717, 1.165) is 38.3 Å². The molecule has 1 saturated heterocycles. The first-order valence-electron chi connectivity index (χ1n) is 11.9. The number of likely N-dealkylation sites (N-methyl/N-ethyl adjacent to an activating group) is 1. The van der Waals surface area contributed by atoms with Crippen LogP contribution in [0.2, 0.25) is 0 Å². The van der Waals surface area contributed by atoms with Crippen LogP contribution in [0, 0.1) is 11.6 Å². The number of carbonyl (C=O) groups excluding carboxylic acids is 1. The van der Waals surface area contributed by atoms with Crippen LogP contribution in [0.25, 0.3) is 16.7 Å². The van der Waals surface area contributed by atoms with Crippen LogP contribution in [0.1, 0.15) is 0 Å². The maximum Gasteiger partial charge on any atom is 0.247 e. The summed E-state index contributed by atoms with van der Waals surface area (Å²) in [6, 6.07) is 10.1. The van der Waals surface area contributed by atoms with Gasteiger partial charge in [0.15, 0.2) is 11.1 Å². The zero-order valence-corrected chi connectivity index (χ0v) is 20.6. The monoisotopic (exact) mass is 517 g/mol. The van der Waals surface area contributed by atoms with Gasteiger partial charge in [0.25, 0.3) is 0 Å². The number of benzene rings is 2. The lowest BCUT2D eigenvalue weighted by Gasteiger charge is -2.34. The highest BCUT2D eigenvalue weighted by Gasteiger charge is 2.18. The number of carbonyl (C=O) groups is 1. The number of halogens is 2. The molecule has 2 aromatic carbocycles. The number of anilines is 4. The van der Waals surface area contributed by atoms with Gasteiger partial charge in [-0.25, -0.2) is 13.8 Å². The molecular weight excluding hydrogens is 492 g/mol. The predicted octanol–water partition coefficient (Wildman–Crippen LogP) is 3.68. The number of nitrogens with one attached hydrogen (secondary N) is 2. The van der Waals surface area contributed by atoms with Crippen LogP contribution in [0.15, 0.2) is 72.3 Å². The second-order valence-electron chi connectivity index (χ2n) is 8.95. The predicted molar refractivity (Wildman–Crippen MR) is 143 cm³/mol. The SMILES string of the molecule is C=CC(=O)Nc1cc(F)cc(-n2ccc(=O)c3cnc(Nc4ccc(N5CCN(C)CC5)c(F)c4)nc32)c1. The number of rotatable bonds is 6. The van der Waals surface area contributed by atoms with Crippen molar-refractivity contribution < 1.29 is 13.6 Å². The molecule has 38 heavy (non-hydrogen) atoms. The Morgan fingerprint density at radius 2 is 1.84 bits per heavy atom. The molecule has 11 heteroatoms. The second-order valence-corrected chi connectivity index (χ2v) is 8.95. The van der Waals surface area contributed by atoms with Gasteiger partial charge in [-0.15, -0.1) is 0 Å². The van der Waals surface area contributed by atoms with Crippen molar-refractivity contribution in [1.29, 1.82) is 0 Å². The van der Waals surface area contributed by atoms with Crippen molar-refractivity contribution in [3.05, 3.63) is 89.4 Å². The van der Waals surface area contributed by atoms with E-state index >= 15 is 0 Å². The van der Waals surface area contributed by atoms with E-state index in [1.807, 2.05) is 11.9 Å². The zero-order valence-electron chi connectivity index (χ0n) is 20.6. The molecule has 0 atom stereocenters. The molecule has 1 aliphatic heterocycles. The quantitative estimate of drug-likeness (QED) is 0.377. The molecule has 3 heterocycles. The van der Waals surface area contributed by atoms with Crippen LogP contribution in [0.3, 0.4) is 0 Å². The van der Waals surface area contributed by atoms with Gasteiger partial charge in [0.05, 0.1) is 16.8 Å². The summed E-state index contributed by atoms with van der Waals surface area (Å²) < 4.78 is 30.9. The van der Waals surface area contributed by atoms with Crippen molar-refractivity contribution >= 4 is 40.0 Å². The number of hydrogen-bond donors (Lipinski definition) is 2. The lowest BCUT2D eigenvalue weighted by atomic mass is 10.2. The van der Waals surface area contributed by atoms with Gasteiger partial charge in [-0.1, -0.05) is 6.58 Å². The molecule has 1 aliphatic rings. The average Bonchev–Trinajstić information content (AvgIpc) is 2.89. The molecule has 0 saturated carbocycles. The average molecular weight is 518 g/mol. The molecule has 194 valence electrons. The van der Waals surface area contributed by atoms with E-state index in [4.69, 9.17) is 0 Å². The molecule has 0 spiro atoms. The fourth-order valence-electron chi connectivity index (χ4n) is 4.30. The molecule has 0 unspecified atom stereocenters. The van der Waals surface area contributed by atoms with E-state index in [2.05, 4.69) is 32.1 Å². The second kappa shape index (κ2) is 10.4. The Morgan fingerprint density at radius 3 is 2.58 bits per heavy atom. The van der Waals surface area contributed by atoms with E-state index in [1.165, 1.54) is 41.2 Å². The first-order valence-corrected chi connectivity index (χ1v) is 11.9. The number of amides is 1. The Bertz CT molecular complexity index is 1600. The van der Waals surface area contributed by atoms with Crippen molar-refractivity contribution in [2.24, 2.45) is 0 Å². The minimum absolute atomic E-state index is 0.125. The van der Waals surface area contributed by atoms with Crippen LogP contribution in [-0.4, -0.2) is 58.6 Å². The first-order chi connectivity index (χ1) is 18.3. The highest BCUT2D eigenvalue weighted by molar-refractivity contribution is 5.99. The molecule has 5 rings (SSSR count). The van der Waals surface area contributed by atoms with Crippen molar-refractivity contribution in [2.75, 3.05) is 48.8 Å². The van der Waals surface area contributed by atoms with Crippen molar-refractivity contribution in [2.45, 2.75) is 0 Å². The third-order valence-electron chi connectivity index (χ3n) is 6.30. The van der Waals surface area contributed by atoms with Gasteiger partial charge < -0.3 is 25.0 Å².